The maximum Gasteiger partial charge on any atom is 0.242 e. The van der Waals surface area contributed by atoms with Gasteiger partial charge in [0.1, 0.15) is 17.5 Å². The number of halogens is 1. The Kier molecular flexibility index (Phi) is 10.3. The smallest absolute Gasteiger partial charge is 0.242 e. The first kappa shape index (κ1) is 25.5. The largest absolute Gasteiger partial charge is 0.497 e. The number of amides is 2. The molecule has 174 valence electrons. The third-order valence-corrected chi connectivity index (χ3v) is 5.70. The van der Waals surface area contributed by atoms with Gasteiger partial charge >= 0.3 is 0 Å². The van der Waals surface area contributed by atoms with Gasteiger partial charge in [-0.2, -0.15) is 0 Å². The Bertz CT molecular complexity index is 873. The van der Waals surface area contributed by atoms with Crippen molar-refractivity contribution in [3.8, 4) is 11.5 Å². The molecule has 6 nitrogen and oxygen atoms in total. The molecule has 0 heterocycles. The van der Waals surface area contributed by atoms with E-state index in [0.29, 0.717) is 23.8 Å². The minimum atomic E-state index is -0.615. The summed E-state index contributed by atoms with van der Waals surface area (Å²) in [4.78, 5) is 27.4. The lowest BCUT2D eigenvalue weighted by molar-refractivity contribution is -0.141. The van der Waals surface area contributed by atoms with Crippen molar-refractivity contribution in [3.05, 3.63) is 59.1 Å². The Labute approximate surface area is 195 Å². The molecule has 0 aliphatic heterocycles. The Balaban J connectivity index is 2.00. The first-order valence-corrected chi connectivity index (χ1v) is 11.3. The van der Waals surface area contributed by atoms with Gasteiger partial charge in [-0.3, -0.25) is 9.59 Å². The van der Waals surface area contributed by atoms with E-state index in [9.17, 15) is 9.59 Å². The van der Waals surface area contributed by atoms with E-state index in [-0.39, 0.29) is 30.8 Å². The highest BCUT2D eigenvalue weighted by Crippen LogP contribution is 2.20. The van der Waals surface area contributed by atoms with Crippen molar-refractivity contribution in [2.45, 2.75) is 58.7 Å². The normalized spacial score (nSPS) is 12.5. The number of carbonyl (C=O) groups excluding carboxylic acids is 2. The van der Waals surface area contributed by atoms with E-state index in [1.54, 1.807) is 25.0 Å². The molecular weight excluding hydrogens is 428 g/mol. The zero-order valence-corrected chi connectivity index (χ0v) is 20.0. The van der Waals surface area contributed by atoms with Gasteiger partial charge in [0.05, 0.1) is 13.7 Å². The van der Waals surface area contributed by atoms with E-state index in [2.05, 4.69) is 5.32 Å². The van der Waals surface area contributed by atoms with E-state index in [0.717, 1.165) is 17.7 Å². The first-order valence-electron chi connectivity index (χ1n) is 11.0. The average molecular weight is 461 g/mol. The molecule has 0 saturated carbocycles. The maximum absolute atomic E-state index is 13.1. The number of benzene rings is 2. The maximum atomic E-state index is 13.1. The summed E-state index contributed by atoms with van der Waals surface area (Å²) < 4.78 is 10.9. The Morgan fingerprint density at radius 3 is 2.34 bits per heavy atom. The summed E-state index contributed by atoms with van der Waals surface area (Å²) in [7, 11) is 1.61. The lowest BCUT2D eigenvalue weighted by Crippen LogP contribution is -2.49. The van der Waals surface area contributed by atoms with Crippen molar-refractivity contribution in [1.29, 1.82) is 0 Å². The van der Waals surface area contributed by atoms with Crippen LogP contribution in [0.3, 0.4) is 0 Å². The van der Waals surface area contributed by atoms with Gasteiger partial charge in [-0.25, -0.2) is 0 Å². The van der Waals surface area contributed by atoms with Crippen molar-refractivity contribution in [1.82, 2.24) is 10.2 Å². The highest BCUT2D eigenvalue weighted by molar-refractivity contribution is 6.31. The van der Waals surface area contributed by atoms with Crippen LogP contribution in [0.5, 0.6) is 11.5 Å². The summed E-state index contributed by atoms with van der Waals surface area (Å²) >= 11 is 6.31. The van der Waals surface area contributed by atoms with Gasteiger partial charge in [0.2, 0.25) is 11.8 Å². The molecule has 2 rings (SSSR count). The number of nitrogens with zero attached hydrogens (tertiary/aromatic N) is 1. The van der Waals surface area contributed by atoms with Gasteiger partial charge in [0.15, 0.2) is 0 Å². The molecule has 2 aromatic rings. The predicted octanol–water partition coefficient (Wildman–Crippen LogP) is 4.84. The molecule has 0 radical (unpaired) electrons. The van der Waals surface area contributed by atoms with Gasteiger partial charge in [0.25, 0.3) is 0 Å². The van der Waals surface area contributed by atoms with Crippen LogP contribution in [0.15, 0.2) is 48.5 Å². The second-order valence-corrected chi connectivity index (χ2v) is 8.14. The number of methoxy groups -OCH3 is 1. The SMILES string of the molecule is CC[C@H](C)NC(=O)[C@H](C)N(Cc1ccccc1Cl)C(=O)CCCOc1ccc(OC)cc1. The number of carbonyl (C=O) groups is 2. The van der Waals surface area contributed by atoms with Gasteiger partial charge < -0.3 is 19.7 Å². The minimum absolute atomic E-state index is 0.0418. The van der Waals surface area contributed by atoms with Gasteiger partial charge in [-0.1, -0.05) is 36.7 Å². The van der Waals surface area contributed by atoms with Crippen LogP contribution in [-0.4, -0.2) is 42.5 Å². The molecule has 32 heavy (non-hydrogen) atoms. The molecule has 1 N–H and O–H groups in total. The van der Waals surface area contributed by atoms with Crippen LogP contribution in [0, 0.1) is 0 Å². The second-order valence-electron chi connectivity index (χ2n) is 7.73. The van der Waals surface area contributed by atoms with Crippen LogP contribution < -0.4 is 14.8 Å². The molecule has 0 aliphatic rings. The fourth-order valence-corrected chi connectivity index (χ4v) is 3.28. The zero-order valence-electron chi connectivity index (χ0n) is 19.3. The number of rotatable bonds is 12. The molecule has 0 spiro atoms. The van der Waals surface area contributed by atoms with Crippen LogP contribution >= 0.6 is 11.6 Å². The molecule has 0 aromatic heterocycles. The number of hydrogen-bond donors (Lipinski definition) is 1. The zero-order chi connectivity index (χ0) is 23.5. The Morgan fingerprint density at radius 2 is 1.72 bits per heavy atom. The predicted molar refractivity (Wildman–Crippen MR) is 127 cm³/mol. The molecule has 2 aromatic carbocycles. The van der Waals surface area contributed by atoms with E-state index in [1.165, 1.54) is 0 Å². The van der Waals surface area contributed by atoms with Gasteiger partial charge in [-0.05, 0) is 62.6 Å². The van der Waals surface area contributed by atoms with Crippen molar-refractivity contribution in [2.75, 3.05) is 13.7 Å². The molecule has 0 unspecified atom stereocenters. The molecule has 2 amide bonds. The summed E-state index contributed by atoms with van der Waals surface area (Å²) in [6.07, 6.45) is 1.62. The monoisotopic (exact) mass is 460 g/mol. The molecule has 0 saturated heterocycles. The lowest BCUT2D eigenvalue weighted by Gasteiger charge is -2.30. The van der Waals surface area contributed by atoms with Gasteiger partial charge in [-0.15, -0.1) is 0 Å². The van der Waals surface area contributed by atoms with E-state index < -0.39 is 6.04 Å². The van der Waals surface area contributed by atoms with Crippen LogP contribution in [-0.2, 0) is 16.1 Å². The topological polar surface area (TPSA) is 67.9 Å². The average Bonchev–Trinajstić information content (AvgIpc) is 2.80. The van der Waals surface area contributed by atoms with Crippen molar-refractivity contribution < 1.29 is 19.1 Å². The lowest BCUT2D eigenvalue weighted by atomic mass is 10.1. The van der Waals surface area contributed by atoms with E-state index >= 15 is 0 Å². The summed E-state index contributed by atoms with van der Waals surface area (Å²) in [6, 6.07) is 14.1. The van der Waals surface area contributed by atoms with Crippen molar-refractivity contribution in [2.24, 2.45) is 0 Å². The minimum Gasteiger partial charge on any atom is -0.497 e. The number of nitrogens with one attached hydrogen (secondary N) is 1. The summed E-state index contributed by atoms with van der Waals surface area (Å²) in [5.74, 6) is 1.18. The third-order valence-electron chi connectivity index (χ3n) is 5.33. The van der Waals surface area contributed by atoms with Crippen LogP contribution in [0.4, 0.5) is 0 Å². The molecule has 0 fully saturated rings. The number of ether oxygens (including phenoxy) is 2. The highest BCUT2D eigenvalue weighted by Gasteiger charge is 2.27. The number of hydrogen-bond acceptors (Lipinski definition) is 4. The molecule has 0 bridgehead atoms. The fraction of sp³-hybridized carbons (Fsp3) is 0.440. The molecular formula is C25H33ClN2O4. The standard InChI is InChI=1S/C25H33ClN2O4/c1-5-18(2)27-25(30)19(3)28(17-20-9-6-7-10-23(20)26)24(29)11-8-16-32-22-14-12-21(31-4)13-15-22/h6-7,9-10,12-15,18-19H,5,8,11,16-17H2,1-4H3,(H,27,30)/t18-,19-/m0/s1. The van der Waals surface area contributed by atoms with E-state index in [1.807, 2.05) is 56.3 Å². The van der Waals surface area contributed by atoms with Crippen LogP contribution in [0.2, 0.25) is 5.02 Å². The van der Waals surface area contributed by atoms with E-state index in [4.69, 9.17) is 21.1 Å². The second kappa shape index (κ2) is 13.0. The summed E-state index contributed by atoms with van der Waals surface area (Å²) in [6.45, 7) is 6.37. The molecule has 0 aliphatic carbocycles. The fourth-order valence-electron chi connectivity index (χ4n) is 3.09. The molecule has 7 heteroatoms. The Morgan fingerprint density at radius 1 is 1.06 bits per heavy atom. The third kappa shape index (κ3) is 7.75. The quantitative estimate of drug-likeness (QED) is 0.460. The van der Waals surface area contributed by atoms with Crippen LogP contribution in [0.1, 0.15) is 45.6 Å². The van der Waals surface area contributed by atoms with Crippen molar-refractivity contribution >= 4 is 23.4 Å². The molecule has 2 atom stereocenters. The van der Waals surface area contributed by atoms with Gasteiger partial charge in [0, 0.05) is 24.0 Å². The highest BCUT2D eigenvalue weighted by atomic mass is 35.5. The first-order chi connectivity index (χ1) is 15.3. The van der Waals surface area contributed by atoms with Crippen molar-refractivity contribution in [3.63, 3.8) is 0 Å². The summed E-state index contributed by atoms with van der Waals surface area (Å²) in [5.41, 5.74) is 0.806. The van der Waals surface area contributed by atoms with Crippen LogP contribution in [0.25, 0.3) is 0 Å². The summed E-state index contributed by atoms with van der Waals surface area (Å²) in [5, 5.41) is 3.53. The Hall–Kier alpha value is -2.73.